The van der Waals surface area contributed by atoms with Gasteiger partial charge in [-0.15, -0.1) is 0 Å². The number of rotatable bonds is 4. The van der Waals surface area contributed by atoms with Crippen LogP contribution in [0.15, 0.2) is 18.3 Å². The molecule has 2 N–H and O–H groups in total. The molecular formula is C16H25N3O2. The molecule has 0 saturated heterocycles. The highest BCUT2D eigenvalue weighted by atomic mass is 16.3. The Morgan fingerprint density at radius 1 is 1.48 bits per heavy atom. The van der Waals surface area contributed by atoms with Crippen LogP contribution in [0.2, 0.25) is 0 Å². The summed E-state index contributed by atoms with van der Waals surface area (Å²) in [6.07, 6.45) is 6.77. The van der Waals surface area contributed by atoms with Crippen LogP contribution in [-0.4, -0.2) is 39.7 Å². The van der Waals surface area contributed by atoms with E-state index in [0.717, 1.165) is 37.1 Å². The fourth-order valence-corrected chi connectivity index (χ4v) is 2.89. The van der Waals surface area contributed by atoms with Gasteiger partial charge in [-0.25, -0.2) is 4.79 Å². The number of anilines is 1. The maximum atomic E-state index is 12.5. The third-order valence-corrected chi connectivity index (χ3v) is 3.89. The summed E-state index contributed by atoms with van der Waals surface area (Å²) in [5, 5.41) is 12.6. The van der Waals surface area contributed by atoms with Gasteiger partial charge in [0, 0.05) is 30.2 Å². The van der Waals surface area contributed by atoms with E-state index >= 15 is 0 Å². The molecule has 5 nitrogen and oxygen atoms in total. The molecule has 1 aromatic rings. The zero-order chi connectivity index (χ0) is 15.2. The molecule has 116 valence electrons. The summed E-state index contributed by atoms with van der Waals surface area (Å²) in [5.41, 5.74) is 1.62. The zero-order valence-electron chi connectivity index (χ0n) is 12.9. The molecule has 2 rings (SSSR count). The normalized spacial score (nSPS) is 17.3. The molecule has 1 aliphatic rings. The van der Waals surface area contributed by atoms with Gasteiger partial charge >= 0.3 is 6.03 Å². The summed E-state index contributed by atoms with van der Waals surface area (Å²) in [7, 11) is 0. The number of aliphatic hydroxyl groups excluding tert-OH is 1. The lowest BCUT2D eigenvalue weighted by atomic mass is 9.94. The van der Waals surface area contributed by atoms with Gasteiger partial charge in [0.2, 0.25) is 0 Å². The molecule has 1 aromatic heterocycles. The molecule has 1 atom stereocenters. The lowest BCUT2D eigenvalue weighted by molar-refractivity contribution is 0.105. The SMILES string of the molecule is Cc1cc(NC(=O)N(C[C@H](C)O)C2CCCCC2)ccn1. The number of nitrogens with zero attached hydrogens (tertiary/aromatic N) is 2. The third kappa shape index (κ3) is 4.70. The van der Waals surface area contributed by atoms with Gasteiger partial charge in [0.25, 0.3) is 0 Å². The van der Waals surface area contributed by atoms with Crippen molar-refractivity contribution in [3.8, 4) is 0 Å². The number of aryl methyl sites for hydroxylation is 1. The lowest BCUT2D eigenvalue weighted by Gasteiger charge is -2.35. The van der Waals surface area contributed by atoms with Gasteiger partial charge in [0.1, 0.15) is 0 Å². The largest absolute Gasteiger partial charge is 0.392 e. The van der Waals surface area contributed by atoms with E-state index in [1.54, 1.807) is 24.1 Å². The third-order valence-electron chi connectivity index (χ3n) is 3.89. The van der Waals surface area contributed by atoms with Crippen molar-refractivity contribution in [3.05, 3.63) is 24.0 Å². The van der Waals surface area contributed by atoms with Crippen molar-refractivity contribution >= 4 is 11.7 Å². The number of aliphatic hydroxyl groups is 1. The minimum atomic E-state index is -0.517. The number of carbonyl (C=O) groups is 1. The average Bonchev–Trinajstić information content (AvgIpc) is 2.45. The Balaban J connectivity index is 2.06. The molecule has 0 spiro atoms. The quantitative estimate of drug-likeness (QED) is 0.896. The molecule has 0 radical (unpaired) electrons. The first-order chi connectivity index (χ1) is 10.1. The Bertz CT molecular complexity index is 470. The highest BCUT2D eigenvalue weighted by Gasteiger charge is 2.26. The van der Waals surface area contributed by atoms with E-state index in [0.29, 0.717) is 6.54 Å². The number of carbonyl (C=O) groups excluding carboxylic acids is 1. The standard InChI is InChI=1S/C16H25N3O2/c1-12-10-14(8-9-17-12)18-16(21)19(11-13(2)20)15-6-4-3-5-7-15/h8-10,13,15,20H,3-7,11H2,1-2H3,(H,17,18,21)/t13-/m0/s1. The van der Waals surface area contributed by atoms with Crippen LogP contribution in [0.5, 0.6) is 0 Å². The highest BCUT2D eigenvalue weighted by Crippen LogP contribution is 2.23. The van der Waals surface area contributed by atoms with Crippen LogP contribution >= 0.6 is 0 Å². The molecule has 0 aliphatic heterocycles. The van der Waals surface area contributed by atoms with Gasteiger partial charge < -0.3 is 15.3 Å². The van der Waals surface area contributed by atoms with Crippen LogP contribution in [0.4, 0.5) is 10.5 Å². The van der Waals surface area contributed by atoms with Crippen LogP contribution in [0.3, 0.4) is 0 Å². The second-order valence-corrected chi connectivity index (χ2v) is 5.91. The highest BCUT2D eigenvalue weighted by molar-refractivity contribution is 5.89. The second-order valence-electron chi connectivity index (χ2n) is 5.91. The van der Waals surface area contributed by atoms with Crippen molar-refractivity contribution < 1.29 is 9.90 Å². The number of nitrogens with one attached hydrogen (secondary N) is 1. The molecule has 1 fully saturated rings. The van der Waals surface area contributed by atoms with Gasteiger partial charge in [-0.05, 0) is 38.8 Å². The number of amides is 2. The lowest BCUT2D eigenvalue weighted by Crippen LogP contribution is -2.47. The first-order valence-electron chi connectivity index (χ1n) is 7.74. The van der Waals surface area contributed by atoms with Gasteiger partial charge in [0.15, 0.2) is 0 Å². The van der Waals surface area contributed by atoms with E-state index in [1.807, 2.05) is 13.0 Å². The van der Waals surface area contributed by atoms with Crippen molar-refractivity contribution in [1.29, 1.82) is 0 Å². The second kappa shape index (κ2) is 7.41. The first kappa shape index (κ1) is 15.8. The molecule has 0 bridgehead atoms. The summed E-state index contributed by atoms with van der Waals surface area (Å²) >= 11 is 0. The first-order valence-corrected chi connectivity index (χ1v) is 7.74. The average molecular weight is 291 g/mol. The Morgan fingerprint density at radius 2 is 2.19 bits per heavy atom. The summed E-state index contributed by atoms with van der Waals surface area (Å²) in [4.78, 5) is 18.5. The van der Waals surface area contributed by atoms with E-state index in [2.05, 4.69) is 10.3 Å². The van der Waals surface area contributed by atoms with Crippen LogP contribution in [0.1, 0.15) is 44.7 Å². The predicted molar refractivity (Wildman–Crippen MR) is 83.3 cm³/mol. The number of pyridine rings is 1. The minimum Gasteiger partial charge on any atom is -0.392 e. The zero-order valence-corrected chi connectivity index (χ0v) is 12.9. The van der Waals surface area contributed by atoms with E-state index in [-0.39, 0.29) is 12.1 Å². The fraction of sp³-hybridized carbons (Fsp3) is 0.625. The van der Waals surface area contributed by atoms with Gasteiger partial charge in [-0.3, -0.25) is 4.98 Å². The van der Waals surface area contributed by atoms with E-state index in [4.69, 9.17) is 0 Å². The number of aromatic nitrogens is 1. The molecule has 21 heavy (non-hydrogen) atoms. The van der Waals surface area contributed by atoms with Crippen molar-refractivity contribution in [2.24, 2.45) is 0 Å². The molecule has 0 aromatic carbocycles. The molecular weight excluding hydrogens is 266 g/mol. The smallest absolute Gasteiger partial charge is 0.322 e. The van der Waals surface area contributed by atoms with Gasteiger partial charge in [-0.1, -0.05) is 19.3 Å². The van der Waals surface area contributed by atoms with E-state index in [9.17, 15) is 9.90 Å². The van der Waals surface area contributed by atoms with Gasteiger partial charge in [-0.2, -0.15) is 0 Å². The molecule has 2 amide bonds. The Labute approximate surface area is 126 Å². The topological polar surface area (TPSA) is 65.5 Å². The number of hydrogen-bond acceptors (Lipinski definition) is 3. The van der Waals surface area contributed by atoms with E-state index in [1.165, 1.54) is 6.42 Å². The van der Waals surface area contributed by atoms with Crippen molar-refractivity contribution in [1.82, 2.24) is 9.88 Å². The van der Waals surface area contributed by atoms with Crippen LogP contribution in [0, 0.1) is 6.92 Å². The van der Waals surface area contributed by atoms with Crippen molar-refractivity contribution in [2.75, 3.05) is 11.9 Å². The Kier molecular flexibility index (Phi) is 5.56. The van der Waals surface area contributed by atoms with E-state index < -0.39 is 6.10 Å². The maximum Gasteiger partial charge on any atom is 0.322 e. The van der Waals surface area contributed by atoms with Crippen LogP contribution in [0.25, 0.3) is 0 Å². The maximum absolute atomic E-state index is 12.5. The summed E-state index contributed by atoms with van der Waals surface area (Å²) < 4.78 is 0. The molecule has 1 aliphatic carbocycles. The molecule has 1 saturated carbocycles. The number of urea groups is 1. The van der Waals surface area contributed by atoms with Crippen molar-refractivity contribution in [2.45, 2.75) is 58.1 Å². The summed E-state index contributed by atoms with van der Waals surface area (Å²) in [6.45, 7) is 3.99. The summed E-state index contributed by atoms with van der Waals surface area (Å²) in [6, 6.07) is 3.73. The predicted octanol–water partition coefficient (Wildman–Crippen LogP) is 2.94. The molecule has 5 heteroatoms. The molecule has 0 unspecified atom stereocenters. The monoisotopic (exact) mass is 291 g/mol. The van der Waals surface area contributed by atoms with Gasteiger partial charge in [0.05, 0.1) is 6.10 Å². The van der Waals surface area contributed by atoms with Crippen molar-refractivity contribution in [3.63, 3.8) is 0 Å². The molecule has 1 heterocycles. The summed E-state index contributed by atoms with van der Waals surface area (Å²) in [5.74, 6) is 0. The van der Waals surface area contributed by atoms with Crippen LogP contribution < -0.4 is 5.32 Å². The number of hydrogen-bond donors (Lipinski definition) is 2. The Morgan fingerprint density at radius 3 is 2.81 bits per heavy atom. The minimum absolute atomic E-state index is 0.131. The van der Waals surface area contributed by atoms with Crippen LogP contribution in [-0.2, 0) is 0 Å². The fourth-order valence-electron chi connectivity index (χ4n) is 2.89. The Hall–Kier alpha value is -1.62.